The van der Waals surface area contributed by atoms with Gasteiger partial charge in [-0.15, -0.1) is 0 Å². The van der Waals surface area contributed by atoms with Crippen molar-refractivity contribution in [3.05, 3.63) is 58.5 Å². The third kappa shape index (κ3) is 2.25. The molecule has 0 saturated carbocycles. The van der Waals surface area contributed by atoms with E-state index in [2.05, 4.69) is 9.97 Å². The second-order valence-electron chi connectivity index (χ2n) is 4.84. The summed E-state index contributed by atoms with van der Waals surface area (Å²) in [5.74, 6) is -0.0311. The van der Waals surface area contributed by atoms with Gasteiger partial charge in [-0.1, -0.05) is 29.3 Å². The van der Waals surface area contributed by atoms with E-state index < -0.39 is 0 Å². The topological polar surface area (TPSA) is 25.8 Å². The number of nitrogens with zero attached hydrogens (tertiary/aromatic N) is 2. The zero-order valence-electron chi connectivity index (χ0n) is 11.1. The van der Waals surface area contributed by atoms with Crippen LogP contribution in [0.3, 0.4) is 0 Å². The summed E-state index contributed by atoms with van der Waals surface area (Å²) in [7, 11) is 0. The summed E-state index contributed by atoms with van der Waals surface area (Å²) in [5, 5.41) is 1.12. The van der Waals surface area contributed by atoms with Crippen molar-refractivity contribution in [1.82, 2.24) is 9.97 Å². The molecular weight excluding hydrogens is 275 g/mol. The lowest BCUT2D eigenvalue weighted by Crippen LogP contribution is -1.95. The van der Waals surface area contributed by atoms with E-state index in [0.29, 0.717) is 22.1 Å². The minimum atomic E-state index is -0.340. The number of fused-ring (bicyclic) bond motifs is 1. The van der Waals surface area contributed by atoms with Crippen LogP contribution in [0.4, 0.5) is 4.39 Å². The molecule has 1 aromatic heterocycles. The van der Waals surface area contributed by atoms with Crippen molar-refractivity contribution in [1.29, 1.82) is 0 Å². The summed E-state index contributed by atoms with van der Waals surface area (Å²) in [6, 6.07) is 10.7. The molecule has 2 aromatic carbocycles. The smallest absolute Gasteiger partial charge is 0.164 e. The molecular formula is C16H12ClFN2. The molecule has 0 N–H and O–H groups in total. The molecule has 0 aliphatic heterocycles. The number of benzene rings is 2. The first-order valence-corrected chi connectivity index (χ1v) is 6.63. The van der Waals surface area contributed by atoms with E-state index in [4.69, 9.17) is 11.6 Å². The van der Waals surface area contributed by atoms with Gasteiger partial charge in [0.25, 0.3) is 0 Å². The molecule has 0 atom stereocenters. The lowest BCUT2D eigenvalue weighted by molar-refractivity contribution is 0.629. The van der Waals surface area contributed by atoms with E-state index in [1.807, 2.05) is 38.1 Å². The average molecular weight is 287 g/mol. The molecule has 100 valence electrons. The molecule has 4 heteroatoms. The lowest BCUT2D eigenvalue weighted by Gasteiger charge is -2.07. The van der Waals surface area contributed by atoms with Crippen molar-refractivity contribution < 1.29 is 4.39 Å². The van der Waals surface area contributed by atoms with Crippen molar-refractivity contribution in [3.8, 4) is 11.4 Å². The van der Waals surface area contributed by atoms with Gasteiger partial charge in [-0.05, 0) is 43.7 Å². The van der Waals surface area contributed by atoms with Gasteiger partial charge in [0.1, 0.15) is 11.0 Å². The molecule has 3 rings (SSSR count). The maximum Gasteiger partial charge on any atom is 0.164 e. The Morgan fingerprint density at radius 1 is 0.950 bits per heavy atom. The second-order valence-corrected chi connectivity index (χ2v) is 5.20. The molecule has 0 saturated heterocycles. The lowest BCUT2D eigenvalue weighted by atomic mass is 10.1. The molecule has 0 radical (unpaired) electrons. The van der Waals surface area contributed by atoms with Gasteiger partial charge in [-0.2, -0.15) is 0 Å². The Balaban J connectivity index is 2.24. The van der Waals surface area contributed by atoms with E-state index in [-0.39, 0.29) is 5.82 Å². The summed E-state index contributed by atoms with van der Waals surface area (Å²) >= 11 is 6.19. The van der Waals surface area contributed by atoms with Crippen LogP contribution in [0.5, 0.6) is 0 Å². The zero-order chi connectivity index (χ0) is 14.3. The predicted molar refractivity (Wildman–Crippen MR) is 79.4 cm³/mol. The molecule has 0 spiro atoms. The summed E-state index contributed by atoms with van der Waals surface area (Å²) < 4.78 is 14.0. The van der Waals surface area contributed by atoms with Crippen LogP contribution in [-0.2, 0) is 0 Å². The van der Waals surface area contributed by atoms with Gasteiger partial charge in [0, 0.05) is 5.39 Å². The molecule has 0 amide bonds. The molecule has 20 heavy (non-hydrogen) atoms. The van der Waals surface area contributed by atoms with Crippen LogP contribution >= 0.6 is 11.6 Å². The molecule has 1 heterocycles. The Hall–Kier alpha value is -2.00. The summed E-state index contributed by atoms with van der Waals surface area (Å²) in [6.07, 6.45) is 0. The summed E-state index contributed by atoms with van der Waals surface area (Å²) in [5.41, 5.74) is 3.01. The highest BCUT2D eigenvalue weighted by Crippen LogP contribution is 2.27. The highest BCUT2D eigenvalue weighted by Gasteiger charge is 2.12. The van der Waals surface area contributed by atoms with Crippen LogP contribution in [0.1, 0.15) is 11.1 Å². The van der Waals surface area contributed by atoms with Crippen molar-refractivity contribution in [2.45, 2.75) is 13.8 Å². The van der Waals surface area contributed by atoms with Crippen LogP contribution < -0.4 is 0 Å². The minimum Gasteiger partial charge on any atom is -0.228 e. The third-order valence-electron chi connectivity index (χ3n) is 3.17. The number of halogens is 2. The van der Waals surface area contributed by atoms with Gasteiger partial charge in [-0.3, -0.25) is 0 Å². The monoisotopic (exact) mass is 286 g/mol. The number of aryl methyl sites for hydroxylation is 2. The fourth-order valence-corrected chi connectivity index (χ4v) is 2.36. The summed E-state index contributed by atoms with van der Waals surface area (Å²) in [6.45, 7) is 3.81. The number of hydrogen-bond donors (Lipinski definition) is 0. The zero-order valence-corrected chi connectivity index (χ0v) is 11.9. The Morgan fingerprint density at radius 2 is 1.65 bits per heavy atom. The van der Waals surface area contributed by atoms with Crippen LogP contribution in [0, 0.1) is 19.7 Å². The highest BCUT2D eigenvalue weighted by molar-refractivity contribution is 6.34. The Bertz CT molecular complexity index is 815. The highest BCUT2D eigenvalue weighted by atomic mass is 35.5. The van der Waals surface area contributed by atoms with E-state index in [9.17, 15) is 4.39 Å². The quantitative estimate of drug-likeness (QED) is 0.606. The third-order valence-corrected chi connectivity index (χ3v) is 3.46. The standard InChI is InChI=1S/C16H12ClFN2/c1-9-4-6-14-12(7-9)15(17)20-16(19-14)11-5-3-10(2)8-13(11)18/h3-8H,1-2H3. The molecule has 0 bridgehead atoms. The van der Waals surface area contributed by atoms with E-state index in [1.165, 1.54) is 6.07 Å². The SMILES string of the molecule is Cc1ccc(-c2nc(Cl)c3cc(C)ccc3n2)c(F)c1. The summed E-state index contributed by atoms with van der Waals surface area (Å²) in [4.78, 5) is 8.62. The van der Waals surface area contributed by atoms with Gasteiger partial charge in [0.15, 0.2) is 5.82 Å². The Labute approximate surface area is 121 Å². The van der Waals surface area contributed by atoms with Gasteiger partial charge >= 0.3 is 0 Å². The van der Waals surface area contributed by atoms with Crippen LogP contribution in [0.2, 0.25) is 5.15 Å². The molecule has 0 aliphatic carbocycles. The average Bonchev–Trinajstić information content (AvgIpc) is 2.39. The molecule has 0 unspecified atom stereocenters. The maximum atomic E-state index is 14.0. The largest absolute Gasteiger partial charge is 0.228 e. The molecule has 0 fully saturated rings. The van der Waals surface area contributed by atoms with Gasteiger partial charge in [-0.25, -0.2) is 14.4 Å². The van der Waals surface area contributed by atoms with E-state index in [1.54, 1.807) is 6.07 Å². The van der Waals surface area contributed by atoms with E-state index in [0.717, 1.165) is 16.5 Å². The number of rotatable bonds is 1. The maximum absolute atomic E-state index is 14.0. The van der Waals surface area contributed by atoms with Crippen molar-refractivity contribution in [2.24, 2.45) is 0 Å². The Morgan fingerprint density at radius 3 is 2.40 bits per heavy atom. The van der Waals surface area contributed by atoms with E-state index >= 15 is 0 Å². The Kier molecular flexibility index (Phi) is 3.14. The van der Waals surface area contributed by atoms with Gasteiger partial charge < -0.3 is 0 Å². The van der Waals surface area contributed by atoms with Crippen LogP contribution in [-0.4, -0.2) is 9.97 Å². The first-order chi connectivity index (χ1) is 9.54. The van der Waals surface area contributed by atoms with Crippen LogP contribution in [0.15, 0.2) is 36.4 Å². The normalized spacial score (nSPS) is 11.0. The fourth-order valence-electron chi connectivity index (χ4n) is 2.13. The number of hydrogen-bond acceptors (Lipinski definition) is 2. The van der Waals surface area contributed by atoms with Crippen molar-refractivity contribution in [2.75, 3.05) is 0 Å². The first kappa shape index (κ1) is 13.0. The van der Waals surface area contributed by atoms with Gasteiger partial charge in [0.05, 0.1) is 11.1 Å². The first-order valence-electron chi connectivity index (χ1n) is 6.25. The number of aromatic nitrogens is 2. The molecule has 2 nitrogen and oxygen atoms in total. The predicted octanol–water partition coefficient (Wildman–Crippen LogP) is 4.71. The molecule has 0 aliphatic rings. The minimum absolute atomic E-state index is 0.309. The van der Waals surface area contributed by atoms with Crippen molar-refractivity contribution >= 4 is 22.5 Å². The molecule has 3 aromatic rings. The van der Waals surface area contributed by atoms with Crippen LogP contribution in [0.25, 0.3) is 22.3 Å². The fraction of sp³-hybridized carbons (Fsp3) is 0.125. The van der Waals surface area contributed by atoms with Gasteiger partial charge in [0.2, 0.25) is 0 Å². The second kappa shape index (κ2) is 4.84. The van der Waals surface area contributed by atoms with Crippen molar-refractivity contribution in [3.63, 3.8) is 0 Å².